The van der Waals surface area contributed by atoms with Crippen LogP contribution < -0.4 is 0 Å². The highest BCUT2D eigenvalue weighted by molar-refractivity contribution is 9.08. The van der Waals surface area contributed by atoms with Crippen LogP contribution in [0.3, 0.4) is 0 Å². The number of hydrogen-bond acceptors (Lipinski definition) is 0. The lowest BCUT2D eigenvalue weighted by molar-refractivity contribution is -0.144. The van der Waals surface area contributed by atoms with Crippen molar-refractivity contribution >= 4 is 27.5 Å². The van der Waals surface area contributed by atoms with Gasteiger partial charge < -0.3 is 0 Å². The molecule has 96 valence electrons. The monoisotopic (exact) mass is 340 g/mol. The molecule has 0 unspecified atom stereocenters. The zero-order valence-corrected chi connectivity index (χ0v) is 10.2. The normalized spacial score (nSPS) is 12.9. The van der Waals surface area contributed by atoms with Crippen molar-refractivity contribution in [1.82, 2.24) is 0 Å². The van der Waals surface area contributed by atoms with Crippen molar-refractivity contribution in [2.75, 3.05) is 0 Å². The van der Waals surface area contributed by atoms with Gasteiger partial charge in [0.15, 0.2) is 0 Å². The van der Waals surface area contributed by atoms with E-state index < -0.39 is 39.4 Å². The summed E-state index contributed by atoms with van der Waals surface area (Å²) in [5.41, 5.74) is -3.63. The highest BCUT2D eigenvalue weighted by Gasteiger charge is 2.40. The van der Waals surface area contributed by atoms with Crippen LogP contribution in [-0.2, 0) is 17.7 Å². The van der Waals surface area contributed by atoms with Gasteiger partial charge in [0, 0.05) is 10.4 Å². The van der Waals surface area contributed by atoms with Crippen LogP contribution in [0, 0.1) is 0 Å². The fourth-order valence-electron chi connectivity index (χ4n) is 1.29. The Labute approximate surface area is 106 Å². The van der Waals surface area contributed by atoms with Crippen molar-refractivity contribution < 1.29 is 26.3 Å². The molecule has 0 atom stereocenters. The highest BCUT2D eigenvalue weighted by atomic mass is 79.9. The first-order chi connectivity index (χ1) is 7.57. The van der Waals surface area contributed by atoms with Crippen LogP contribution in [0.5, 0.6) is 0 Å². The third-order valence-electron chi connectivity index (χ3n) is 1.96. The Kier molecular flexibility index (Phi) is 4.03. The van der Waals surface area contributed by atoms with Gasteiger partial charge in [-0.25, -0.2) is 0 Å². The summed E-state index contributed by atoms with van der Waals surface area (Å²) in [6, 6.07) is 0.959. The maximum Gasteiger partial charge on any atom is 0.416 e. The van der Waals surface area contributed by atoms with Gasteiger partial charge in [0.1, 0.15) is 0 Å². The van der Waals surface area contributed by atoms with Crippen molar-refractivity contribution in [3.63, 3.8) is 0 Å². The molecule has 0 radical (unpaired) electrons. The zero-order valence-electron chi connectivity index (χ0n) is 7.89. The van der Waals surface area contributed by atoms with Crippen molar-refractivity contribution in [3.8, 4) is 0 Å². The van der Waals surface area contributed by atoms with E-state index in [9.17, 15) is 26.3 Å². The third kappa shape index (κ3) is 3.28. The van der Waals surface area contributed by atoms with Crippen molar-refractivity contribution in [1.29, 1.82) is 0 Å². The van der Waals surface area contributed by atoms with E-state index in [4.69, 9.17) is 11.6 Å². The molecule has 17 heavy (non-hydrogen) atoms. The van der Waals surface area contributed by atoms with E-state index >= 15 is 0 Å². The molecule has 1 rings (SSSR count). The lowest BCUT2D eigenvalue weighted by Gasteiger charge is -2.17. The Morgan fingerprint density at radius 1 is 0.941 bits per heavy atom. The lowest BCUT2D eigenvalue weighted by atomic mass is 10.0. The van der Waals surface area contributed by atoms with Gasteiger partial charge in [-0.3, -0.25) is 0 Å². The van der Waals surface area contributed by atoms with E-state index in [-0.39, 0.29) is 0 Å². The molecule has 0 aromatic heterocycles. The van der Waals surface area contributed by atoms with Gasteiger partial charge in [0.05, 0.1) is 11.1 Å². The van der Waals surface area contributed by atoms with Crippen LogP contribution in [0.15, 0.2) is 12.1 Å². The van der Waals surface area contributed by atoms with Crippen LogP contribution in [-0.4, -0.2) is 0 Å². The predicted octanol–water partition coefficient (Wildman–Crippen LogP) is 5.27. The summed E-state index contributed by atoms with van der Waals surface area (Å²) in [6.07, 6.45) is -9.76. The molecule has 0 N–H and O–H groups in total. The van der Waals surface area contributed by atoms with Gasteiger partial charge in [-0.05, 0) is 17.7 Å². The maximum atomic E-state index is 12.5. The molecule has 0 aliphatic carbocycles. The topological polar surface area (TPSA) is 0 Å². The van der Waals surface area contributed by atoms with Crippen LogP contribution in [0.4, 0.5) is 26.3 Å². The molecule has 0 nitrogen and oxygen atoms in total. The molecule has 0 heterocycles. The second kappa shape index (κ2) is 4.68. The second-order valence-corrected chi connectivity index (χ2v) is 4.11. The van der Waals surface area contributed by atoms with Crippen LogP contribution in [0.25, 0.3) is 0 Å². The van der Waals surface area contributed by atoms with Crippen LogP contribution in [0.1, 0.15) is 16.7 Å². The Balaban J connectivity index is 3.58. The molecule has 0 aliphatic heterocycles. The minimum absolute atomic E-state index is 0.480. The fourth-order valence-corrected chi connectivity index (χ4v) is 2.11. The van der Waals surface area contributed by atoms with Gasteiger partial charge in [-0.1, -0.05) is 27.5 Å². The Morgan fingerprint density at radius 3 is 1.53 bits per heavy atom. The average Bonchev–Trinajstić information content (AvgIpc) is 2.13. The van der Waals surface area contributed by atoms with E-state index in [1.165, 1.54) is 0 Å². The van der Waals surface area contributed by atoms with E-state index in [1.54, 1.807) is 0 Å². The largest absolute Gasteiger partial charge is 0.416 e. The van der Waals surface area contributed by atoms with Gasteiger partial charge in [-0.15, -0.1) is 0 Å². The molecule has 8 heteroatoms. The highest BCUT2D eigenvalue weighted by Crippen LogP contribution is 2.41. The van der Waals surface area contributed by atoms with Crippen LogP contribution in [0.2, 0.25) is 5.02 Å². The fraction of sp³-hybridized carbons (Fsp3) is 0.333. The SMILES string of the molecule is FC(F)(F)c1cc(Cl)cc(C(F)(F)F)c1CBr. The van der Waals surface area contributed by atoms with Gasteiger partial charge >= 0.3 is 12.4 Å². The number of hydrogen-bond donors (Lipinski definition) is 0. The quantitative estimate of drug-likeness (QED) is 0.482. The van der Waals surface area contributed by atoms with Crippen molar-refractivity contribution in [3.05, 3.63) is 33.8 Å². The van der Waals surface area contributed by atoms with Gasteiger partial charge in [0.25, 0.3) is 0 Å². The maximum absolute atomic E-state index is 12.5. The Bertz CT molecular complexity index is 387. The smallest absolute Gasteiger partial charge is 0.166 e. The molecular formula is C9H4BrClF6. The molecule has 0 saturated carbocycles. The number of rotatable bonds is 1. The predicted molar refractivity (Wildman–Crippen MR) is 54.1 cm³/mol. The lowest BCUT2D eigenvalue weighted by Crippen LogP contribution is -2.15. The molecule has 0 fully saturated rings. The molecule has 0 bridgehead atoms. The van der Waals surface area contributed by atoms with Crippen molar-refractivity contribution in [2.45, 2.75) is 17.7 Å². The molecule has 0 spiro atoms. The standard InChI is InChI=1S/C9H4BrClF6/c10-3-5-6(8(12,13)14)1-4(11)2-7(5)9(15,16)17/h1-2H,3H2. The molecule has 1 aromatic rings. The summed E-state index contributed by atoms with van der Waals surface area (Å²) in [4.78, 5) is 0. The first kappa shape index (κ1) is 14.6. The van der Waals surface area contributed by atoms with E-state index in [0.29, 0.717) is 12.1 Å². The second-order valence-electron chi connectivity index (χ2n) is 3.11. The summed E-state index contributed by atoms with van der Waals surface area (Å²) < 4.78 is 75.2. The summed E-state index contributed by atoms with van der Waals surface area (Å²) in [5.74, 6) is 0. The number of halogens is 8. The summed E-state index contributed by atoms with van der Waals surface area (Å²) in [7, 11) is 0. The third-order valence-corrected chi connectivity index (χ3v) is 2.74. The molecular weight excluding hydrogens is 337 g/mol. The van der Waals surface area contributed by atoms with E-state index in [2.05, 4.69) is 15.9 Å². The van der Waals surface area contributed by atoms with Gasteiger partial charge in [-0.2, -0.15) is 26.3 Å². The summed E-state index contributed by atoms with van der Waals surface area (Å²) in [6.45, 7) is 0. The summed E-state index contributed by atoms with van der Waals surface area (Å²) >= 11 is 7.90. The van der Waals surface area contributed by atoms with Gasteiger partial charge in [0.2, 0.25) is 0 Å². The minimum atomic E-state index is -4.88. The Hall–Kier alpha value is -0.430. The van der Waals surface area contributed by atoms with E-state index in [1.807, 2.05) is 0 Å². The Morgan fingerprint density at radius 2 is 1.29 bits per heavy atom. The van der Waals surface area contributed by atoms with Crippen molar-refractivity contribution in [2.24, 2.45) is 0 Å². The molecule has 0 amide bonds. The molecule has 1 aromatic carbocycles. The van der Waals surface area contributed by atoms with E-state index in [0.717, 1.165) is 0 Å². The number of alkyl halides is 7. The first-order valence-electron chi connectivity index (χ1n) is 4.10. The summed E-state index contributed by atoms with van der Waals surface area (Å²) in [5, 5.41) is -1.16. The minimum Gasteiger partial charge on any atom is -0.166 e. The zero-order chi connectivity index (χ0) is 13.4. The number of benzene rings is 1. The average molecular weight is 341 g/mol. The first-order valence-corrected chi connectivity index (χ1v) is 5.60. The van der Waals surface area contributed by atoms with Crippen LogP contribution >= 0.6 is 27.5 Å². The molecule has 0 saturated heterocycles. The molecule has 0 aliphatic rings.